The van der Waals surface area contributed by atoms with Gasteiger partial charge in [0.2, 0.25) is 29.5 Å². The van der Waals surface area contributed by atoms with E-state index in [4.69, 9.17) is 33.5 Å². The van der Waals surface area contributed by atoms with E-state index in [2.05, 4.69) is 39.2 Å². The summed E-state index contributed by atoms with van der Waals surface area (Å²) in [7, 11) is 0. The summed E-state index contributed by atoms with van der Waals surface area (Å²) in [6, 6.07) is -4.96. The van der Waals surface area contributed by atoms with E-state index in [9.17, 15) is 28.8 Å². The quantitative estimate of drug-likeness (QED) is 0.0274. The lowest BCUT2D eigenvalue weighted by Crippen LogP contribution is -2.63. The van der Waals surface area contributed by atoms with Crippen LogP contribution in [0.3, 0.4) is 0 Å². The predicted octanol–water partition coefficient (Wildman–Crippen LogP) is -4.06. The van der Waals surface area contributed by atoms with Crippen LogP contribution in [0, 0.1) is 5.41 Å². The maximum Gasteiger partial charge on any atom is 0.327 e. The summed E-state index contributed by atoms with van der Waals surface area (Å²) < 4.78 is 0. The summed E-state index contributed by atoms with van der Waals surface area (Å²) in [5.41, 5.74) is 20.2. The second-order valence-corrected chi connectivity index (χ2v) is 10.2. The van der Waals surface area contributed by atoms with E-state index in [1.165, 1.54) is 13.8 Å². The number of carboxylic acids is 1. The minimum absolute atomic E-state index is 0.0953. The number of hydrogen-bond acceptors (Lipinski definition) is 10. The Balaban J connectivity index is 5.62. The molecule has 0 fully saturated rings. The monoisotopic (exact) mass is 604 g/mol. The van der Waals surface area contributed by atoms with Gasteiger partial charge in [-0.25, -0.2) is 4.79 Å². The highest BCUT2D eigenvalue weighted by atomic mass is 32.1. The van der Waals surface area contributed by atoms with Crippen molar-refractivity contribution in [2.24, 2.45) is 22.9 Å². The third-order valence-electron chi connectivity index (χ3n) is 5.75. The average Bonchev–Trinajstić information content (AvgIpc) is 2.87. The van der Waals surface area contributed by atoms with Crippen LogP contribution in [0.15, 0.2) is 0 Å². The molecule has 0 spiro atoms. The normalized spacial score (nSPS) is 14.0. The minimum atomic E-state index is -1.67. The van der Waals surface area contributed by atoms with Crippen LogP contribution in [-0.4, -0.2) is 95.1 Å². The van der Waals surface area contributed by atoms with Gasteiger partial charge in [-0.2, -0.15) is 12.6 Å². The van der Waals surface area contributed by atoms with Gasteiger partial charge in [0.05, 0.1) is 12.5 Å². The maximum absolute atomic E-state index is 13.2. The number of nitrogens with one attached hydrogen (secondary N) is 6. The summed E-state index contributed by atoms with van der Waals surface area (Å²) >= 11 is 3.85. The Kier molecular flexibility index (Phi) is 17.0. The van der Waals surface area contributed by atoms with Crippen molar-refractivity contribution < 1.29 is 33.9 Å². The summed E-state index contributed by atoms with van der Waals surface area (Å²) in [6.07, 6.45) is 1.38. The Hall–Kier alpha value is -3.64. The van der Waals surface area contributed by atoms with Gasteiger partial charge >= 0.3 is 5.97 Å². The molecule has 0 bridgehead atoms. The molecule has 0 saturated carbocycles. The lowest BCUT2D eigenvalue weighted by atomic mass is 10.0. The van der Waals surface area contributed by atoms with Crippen molar-refractivity contribution in [3.63, 3.8) is 0 Å². The standard InChI is InChI=1S/C23H44N10O7S/c1-23(2,21(40)32-14(10-16(26)34)18(36)31-15(11-41)20(38)39)33-19(37)13(7-5-9-29-22(27)28)30-17(35)12(25)6-3-4-8-24/h12-15,41H,3-11,24-25H2,1-2H3,(H2,26,34)(H,30,35)(H,31,36)(H,32,40)(H,33,37)(H,38,39)(H4,27,28,29)/t12-,13-,14-,15-/m0/s1. The van der Waals surface area contributed by atoms with Gasteiger partial charge in [0.15, 0.2) is 5.96 Å². The molecule has 0 aliphatic rings. The maximum atomic E-state index is 13.2. The zero-order chi connectivity index (χ0) is 31.8. The summed E-state index contributed by atoms with van der Waals surface area (Å²) in [4.78, 5) is 74.3. The molecule has 17 nitrogen and oxygen atoms in total. The van der Waals surface area contributed by atoms with Crippen LogP contribution in [0.2, 0.25) is 0 Å². The lowest BCUT2D eigenvalue weighted by molar-refractivity contribution is -0.142. The number of aliphatic carboxylic acids is 1. The first kappa shape index (κ1) is 37.4. The molecule has 234 valence electrons. The topological polar surface area (TPSA) is 311 Å². The van der Waals surface area contributed by atoms with Gasteiger partial charge in [-0.05, 0) is 46.1 Å². The molecule has 0 saturated heterocycles. The lowest BCUT2D eigenvalue weighted by Gasteiger charge is -2.30. The second kappa shape index (κ2) is 18.7. The Labute approximate surface area is 243 Å². The van der Waals surface area contributed by atoms with Gasteiger partial charge in [0, 0.05) is 12.3 Å². The molecular formula is C23H44N10O7S. The number of guanidine groups is 1. The van der Waals surface area contributed by atoms with E-state index in [0.29, 0.717) is 32.2 Å². The van der Waals surface area contributed by atoms with Crippen molar-refractivity contribution in [3.05, 3.63) is 0 Å². The molecule has 41 heavy (non-hydrogen) atoms. The molecule has 18 heteroatoms. The Morgan fingerprint density at radius 1 is 0.878 bits per heavy atom. The van der Waals surface area contributed by atoms with Crippen LogP contribution < -0.4 is 49.5 Å². The molecule has 0 aliphatic heterocycles. The molecule has 0 heterocycles. The number of rotatable bonds is 20. The third-order valence-corrected chi connectivity index (χ3v) is 6.12. The Bertz CT molecular complexity index is 950. The molecule has 0 aromatic rings. The molecule has 15 N–H and O–H groups in total. The highest BCUT2D eigenvalue weighted by Gasteiger charge is 2.36. The van der Waals surface area contributed by atoms with Gasteiger partial charge in [0.25, 0.3) is 0 Å². The molecule has 0 radical (unpaired) electrons. The van der Waals surface area contributed by atoms with Gasteiger partial charge in [0.1, 0.15) is 23.7 Å². The Morgan fingerprint density at radius 2 is 1.49 bits per heavy atom. The number of carbonyl (C=O) groups excluding carboxylic acids is 5. The van der Waals surface area contributed by atoms with Crippen LogP contribution in [0.5, 0.6) is 0 Å². The first-order valence-corrected chi connectivity index (χ1v) is 13.6. The molecule has 5 amide bonds. The Morgan fingerprint density at radius 3 is 2.00 bits per heavy atom. The van der Waals surface area contributed by atoms with Crippen LogP contribution in [0.1, 0.15) is 52.4 Å². The SMILES string of the molecule is CC(C)(NC(=O)[C@H](CCCNC(=N)N)NC(=O)[C@@H](N)CCCCN)C(=O)N[C@@H](CC(N)=O)C(=O)N[C@@H](CS)C(=O)O. The molecule has 0 unspecified atom stereocenters. The van der Waals surface area contributed by atoms with Crippen molar-refractivity contribution in [1.29, 1.82) is 5.41 Å². The van der Waals surface area contributed by atoms with E-state index >= 15 is 0 Å². The summed E-state index contributed by atoms with van der Waals surface area (Å²) in [5.74, 6) is -6.07. The molecule has 0 aromatic heterocycles. The van der Waals surface area contributed by atoms with E-state index in [1.807, 2.05) is 0 Å². The minimum Gasteiger partial charge on any atom is -0.480 e. The van der Waals surface area contributed by atoms with Crippen molar-refractivity contribution in [2.45, 2.75) is 82.1 Å². The number of nitrogens with two attached hydrogens (primary N) is 4. The van der Waals surface area contributed by atoms with Gasteiger partial charge in [-0.1, -0.05) is 6.42 Å². The van der Waals surface area contributed by atoms with E-state index in [0.717, 1.165) is 0 Å². The highest BCUT2D eigenvalue weighted by molar-refractivity contribution is 7.80. The average molecular weight is 605 g/mol. The van der Waals surface area contributed by atoms with Gasteiger partial charge < -0.3 is 54.6 Å². The zero-order valence-corrected chi connectivity index (χ0v) is 24.2. The van der Waals surface area contributed by atoms with Crippen LogP contribution in [0.4, 0.5) is 0 Å². The smallest absolute Gasteiger partial charge is 0.327 e. The fourth-order valence-corrected chi connectivity index (χ4v) is 3.62. The molecule has 0 aromatic carbocycles. The van der Waals surface area contributed by atoms with Crippen molar-refractivity contribution in [1.82, 2.24) is 26.6 Å². The zero-order valence-electron chi connectivity index (χ0n) is 23.3. The number of hydrogen-bond donors (Lipinski definition) is 12. The number of carboxylic acid groups (broad SMARTS) is 1. The number of unbranched alkanes of at least 4 members (excludes halogenated alkanes) is 1. The van der Waals surface area contributed by atoms with Crippen LogP contribution in [0.25, 0.3) is 0 Å². The molecule has 0 aliphatic carbocycles. The van der Waals surface area contributed by atoms with Crippen LogP contribution >= 0.6 is 12.6 Å². The number of thiol groups is 1. The van der Waals surface area contributed by atoms with E-state index in [1.54, 1.807) is 0 Å². The third kappa shape index (κ3) is 15.1. The molecular weight excluding hydrogens is 560 g/mol. The van der Waals surface area contributed by atoms with E-state index in [-0.39, 0.29) is 24.7 Å². The number of carbonyl (C=O) groups is 6. The highest BCUT2D eigenvalue weighted by Crippen LogP contribution is 2.08. The van der Waals surface area contributed by atoms with E-state index < -0.39 is 71.6 Å². The molecule has 4 atom stereocenters. The van der Waals surface area contributed by atoms with Crippen LogP contribution in [-0.2, 0) is 28.8 Å². The molecule has 0 rings (SSSR count). The second-order valence-electron chi connectivity index (χ2n) is 9.83. The first-order chi connectivity index (χ1) is 19.0. The number of amides is 5. The predicted molar refractivity (Wildman–Crippen MR) is 153 cm³/mol. The van der Waals surface area contributed by atoms with Crippen molar-refractivity contribution in [3.8, 4) is 0 Å². The van der Waals surface area contributed by atoms with Crippen molar-refractivity contribution in [2.75, 3.05) is 18.8 Å². The summed E-state index contributed by atoms with van der Waals surface area (Å²) in [6.45, 7) is 3.32. The first-order valence-electron chi connectivity index (χ1n) is 12.9. The largest absolute Gasteiger partial charge is 0.480 e. The fourth-order valence-electron chi connectivity index (χ4n) is 3.38. The van der Waals surface area contributed by atoms with Gasteiger partial charge in [-0.15, -0.1) is 0 Å². The number of primary amides is 1. The fraction of sp³-hybridized carbons (Fsp3) is 0.696. The van der Waals surface area contributed by atoms with Crippen molar-refractivity contribution >= 4 is 54.1 Å². The van der Waals surface area contributed by atoms with Gasteiger partial charge in [-0.3, -0.25) is 29.4 Å². The summed E-state index contributed by atoms with van der Waals surface area (Å²) in [5, 5.41) is 28.5.